The van der Waals surface area contributed by atoms with E-state index in [2.05, 4.69) is 15.2 Å². The van der Waals surface area contributed by atoms with Gasteiger partial charge >= 0.3 is 12.2 Å². The van der Waals surface area contributed by atoms with E-state index in [1.165, 1.54) is 0 Å². The molecule has 3 heterocycles. The van der Waals surface area contributed by atoms with Crippen molar-refractivity contribution in [1.29, 1.82) is 0 Å². The lowest BCUT2D eigenvalue weighted by molar-refractivity contribution is -0.134. The predicted molar refractivity (Wildman–Crippen MR) is 243 cm³/mol. The molecular weight excluding hydrogens is 813 g/mol. The van der Waals surface area contributed by atoms with Gasteiger partial charge in [0.1, 0.15) is 28.5 Å². The minimum absolute atomic E-state index is 0.103. The van der Waals surface area contributed by atoms with Gasteiger partial charge in [0.05, 0.1) is 42.5 Å². The summed E-state index contributed by atoms with van der Waals surface area (Å²) in [5, 5.41) is 13.8. The molecule has 352 valence electrons. The third kappa shape index (κ3) is 17.8. The number of amides is 3. The highest BCUT2D eigenvalue weighted by Crippen LogP contribution is 2.32. The molecule has 2 saturated heterocycles. The summed E-state index contributed by atoms with van der Waals surface area (Å²) < 4.78 is 34.4. The summed E-state index contributed by atoms with van der Waals surface area (Å²) in [5.41, 5.74) is 2.44. The molecular formula is C46H72N6O11. The first-order valence-electron chi connectivity index (χ1n) is 21.7. The Bertz CT molecular complexity index is 1920. The number of hydrogen-bond acceptors (Lipinski definition) is 12. The van der Waals surface area contributed by atoms with Crippen LogP contribution in [0.15, 0.2) is 36.4 Å². The van der Waals surface area contributed by atoms with Crippen molar-refractivity contribution in [2.24, 2.45) is 5.92 Å². The van der Waals surface area contributed by atoms with Crippen LogP contribution in [0.5, 0.6) is 11.5 Å². The third-order valence-corrected chi connectivity index (χ3v) is 9.92. The number of imidazole rings is 1. The molecule has 2 fully saturated rings. The molecule has 17 heteroatoms. The number of carbonyl (C=O) groups is 4. The molecule has 0 aliphatic carbocycles. The van der Waals surface area contributed by atoms with Gasteiger partial charge in [-0.1, -0.05) is 0 Å². The second kappa shape index (κ2) is 25.1. The number of piperidine rings is 2. The summed E-state index contributed by atoms with van der Waals surface area (Å²) >= 11 is 0. The summed E-state index contributed by atoms with van der Waals surface area (Å²) in [6, 6.07) is 11.5. The maximum atomic E-state index is 12.9. The van der Waals surface area contributed by atoms with Crippen LogP contribution in [0.25, 0.3) is 11.0 Å². The molecule has 2 aliphatic rings. The van der Waals surface area contributed by atoms with Crippen LogP contribution in [-0.2, 0) is 35.1 Å². The second-order valence-corrected chi connectivity index (χ2v) is 17.5. The number of nitrogens with zero attached hydrogens (tertiary/aromatic N) is 4. The number of hydrogen-bond donors (Lipinski definition) is 3. The van der Waals surface area contributed by atoms with Crippen molar-refractivity contribution in [2.45, 2.75) is 111 Å². The Balaban J connectivity index is 0.000000309. The molecule has 2 aromatic carbocycles. The van der Waals surface area contributed by atoms with Crippen molar-refractivity contribution < 1.29 is 52.7 Å². The van der Waals surface area contributed by atoms with Gasteiger partial charge in [-0.15, -0.1) is 0 Å². The monoisotopic (exact) mass is 885 g/mol. The van der Waals surface area contributed by atoms with Crippen molar-refractivity contribution in [2.75, 3.05) is 85.0 Å². The number of fused-ring (bicyclic) bond motifs is 1. The van der Waals surface area contributed by atoms with Gasteiger partial charge < -0.3 is 58.5 Å². The highest BCUT2D eigenvalue weighted by Gasteiger charge is 2.33. The Hall–Kier alpha value is -5.29. The molecule has 5 rings (SSSR count). The first kappa shape index (κ1) is 52.1. The van der Waals surface area contributed by atoms with E-state index < -0.39 is 17.2 Å². The van der Waals surface area contributed by atoms with Gasteiger partial charge in [-0.3, -0.25) is 9.59 Å². The van der Waals surface area contributed by atoms with E-state index in [9.17, 15) is 14.4 Å². The molecule has 0 spiro atoms. The van der Waals surface area contributed by atoms with Crippen LogP contribution < -0.4 is 20.1 Å². The smallest absolute Gasteiger partial charge is 0.410 e. The normalized spacial score (nSPS) is 16.4. The highest BCUT2D eigenvalue weighted by atomic mass is 16.6. The van der Waals surface area contributed by atoms with Crippen LogP contribution in [0.4, 0.5) is 21.0 Å². The standard InChI is InChI=1S/C22H35N3O5.C22H33N3O4.C2H4O2/c1-22(2,3)30-21(27)25-12-6-8-16(15-25)20(26)24-18-10-9-17(29-5)14-19(18)23-11-7-13-28-4;1-22(2,3)29-21(26)24-11-6-8-16(15-24)20-23-18-10-9-17(28-5)14-19(18)25(20)12-7-13-27-4;1-2(3)4/h9-10,14,16,23H,6-8,11-13,15H2,1-5H3,(H,24,26);9-10,14,16H,6-8,11-13,15H2,1-5H3;1H3,(H,3,4)/t2*16-;/m11./s1. The van der Waals surface area contributed by atoms with Crippen LogP contribution in [0.1, 0.15) is 98.7 Å². The number of methoxy groups -OCH3 is 4. The summed E-state index contributed by atoms with van der Waals surface area (Å²) in [6.45, 7) is 17.5. The number of aryl methyl sites for hydroxylation is 1. The zero-order valence-electron chi connectivity index (χ0n) is 39.3. The summed E-state index contributed by atoms with van der Waals surface area (Å²) in [7, 11) is 6.67. The lowest BCUT2D eigenvalue weighted by Crippen LogP contribution is -2.45. The highest BCUT2D eigenvalue weighted by molar-refractivity contribution is 5.96. The number of likely N-dealkylation sites (tertiary alicyclic amines) is 2. The molecule has 2 atom stereocenters. The third-order valence-electron chi connectivity index (χ3n) is 9.92. The second-order valence-electron chi connectivity index (χ2n) is 17.5. The molecule has 0 unspecified atom stereocenters. The predicted octanol–water partition coefficient (Wildman–Crippen LogP) is 8.02. The van der Waals surface area contributed by atoms with Gasteiger partial charge in [0.2, 0.25) is 5.91 Å². The topological polar surface area (TPSA) is 192 Å². The maximum Gasteiger partial charge on any atom is 0.410 e. The average Bonchev–Trinajstić information content (AvgIpc) is 3.59. The fraction of sp³-hybridized carbons (Fsp3) is 0.630. The molecule has 17 nitrogen and oxygen atoms in total. The Labute approximate surface area is 373 Å². The van der Waals surface area contributed by atoms with Gasteiger partial charge in [-0.05, 0) is 104 Å². The largest absolute Gasteiger partial charge is 0.497 e. The number of carboxylic acid groups (broad SMARTS) is 1. The summed E-state index contributed by atoms with van der Waals surface area (Å²) in [4.78, 5) is 55.3. The minimum Gasteiger partial charge on any atom is -0.497 e. The van der Waals surface area contributed by atoms with E-state index in [0.29, 0.717) is 50.8 Å². The Kier molecular flexibility index (Phi) is 20.8. The number of aromatic nitrogens is 2. The van der Waals surface area contributed by atoms with Crippen LogP contribution in [0.2, 0.25) is 0 Å². The Morgan fingerprint density at radius 3 is 1.90 bits per heavy atom. The summed E-state index contributed by atoms with van der Waals surface area (Å²) in [6.07, 6.45) is 4.57. The Morgan fingerprint density at radius 2 is 1.32 bits per heavy atom. The van der Waals surface area contributed by atoms with Crippen molar-refractivity contribution in [1.82, 2.24) is 19.4 Å². The number of rotatable bonds is 14. The first-order valence-corrected chi connectivity index (χ1v) is 21.7. The number of carboxylic acids is 1. The molecule has 3 N–H and O–H groups in total. The molecule has 0 saturated carbocycles. The molecule has 3 amide bonds. The van der Waals surface area contributed by atoms with Gasteiger partial charge in [-0.2, -0.15) is 0 Å². The molecule has 2 aliphatic heterocycles. The lowest BCUT2D eigenvalue weighted by atomic mass is 9.97. The number of benzene rings is 2. The van der Waals surface area contributed by atoms with Gasteiger partial charge in [0.15, 0.2) is 0 Å². The van der Waals surface area contributed by atoms with Gasteiger partial charge in [0, 0.05) is 91.7 Å². The van der Waals surface area contributed by atoms with Crippen molar-refractivity contribution in [3.8, 4) is 11.5 Å². The fourth-order valence-corrected chi connectivity index (χ4v) is 7.11. The van der Waals surface area contributed by atoms with Crippen molar-refractivity contribution in [3.63, 3.8) is 0 Å². The Morgan fingerprint density at radius 1 is 0.762 bits per heavy atom. The average molecular weight is 885 g/mol. The number of ether oxygens (including phenoxy) is 6. The number of anilines is 2. The molecule has 0 radical (unpaired) electrons. The zero-order valence-corrected chi connectivity index (χ0v) is 39.3. The molecule has 3 aromatic rings. The van der Waals surface area contributed by atoms with E-state index in [-0.39, 0.29) is 29.9 Å². The van der Waals surface area contributed by atoms with Crippen LogP contribution >= 0.6 is 0 Å². The molecule has 0 bridgehead atoms. The van der Waals surface area contributed by atoms with Crippen molar-refractivity contribution in [3.05, 3.63) is 42.2 Å². The van der Waals surface area contributed by atoms with Crippen LogP contribution in [-0.4, -0.2) is 134 Å². The van der Waals surface area contributed by atoms with E-state index in [4.69, 9.17) is 43.3 Å². The SMILES string of the molecule is CC(=O)O.COCCCNc1cc(OC)ccc1NC(=O)[C@@H]1CCCN(C(=O)OC(C)(C)C)C1.COCCCn1c([C@@H]2CCCN(C(=O)OC(C)(C)C)C2)nc2ccc(OC)cc21. The fourth-order valence-electron chi connectivity index (χ4n) is 7.11. The van der Waals surface area contributed by atoms with E-state index in [1.54, 1.807) is 33.3 Å². The van der Waals surface area contributed by atoms with E-state index in [0.717, 1.165) is 86.8 Å². The van der Waals surface area contributed by atoms with Crippen molar-refractivity contribution >= 4 is 46.5 Å². The van der Waals surface area contributed by atoms with E-state index in [1.807, 2.05) is 82.8 Å². The van der Waals surface area contributed by atoms with Crippen LogP contribution in [0.3, 0.4) is 0 Å². The van der Waals surface area contributed by atoms with Gasteiger partial charge in [-0.25, -0.2) is 14.6 Å². The number of nitrogens with one attached hydrogen (secondary N) is 2. The summed E-state index contributed by atoms with van der Waals surface area (Å²) in [5.74, 6) is 1.50. The molecule has 63 heavy (non-hydrogen) atoms. The zero-order chi connectivity index (χ0) is 46.7. The lowest BCUT2D eigenvalue weighted by Gasteiger charge is -2.34. The van der Waals surface area contributed by atoms with Crippen LogP contribution in [0, 0.1) is 5.92 Å². The molecule has 1 aromatic heterocycles. The first-order chi connectivity index (χ1) is 29.8. The number of aliphatic carboxylic acids is 1. The number of carbonyl (C=O) groups excluding carboxylic acids is 3. The maximum absolute atomic E-state index is 12.9. The van der Waals surface area contributed by atoms with E-state index >= 15 is 0 Å². The minimum atomic E-state index is -0.833. The van der Waals surface area contributed by atoms with Gasteiger partial charge in [0.25, 0.3) is 5.97 Å². The quantitative estimate of drug-likeness (QED) is 0.132.